The van der Waals surface area contributed by atoms with Crippen LogP contribution in [0, 0.1) is 0 Å². The molecule has 16 nitrogen and oxygen atoms in total. The summed E-state index contributed by atoms with van der Waals surface area (Å²) < 4.78 is 22.7. The minimum absolute atomic E-state index is 0.0268. The molecule has 4 rings (SSSR count). The van der Waals surface area contributed by atoms with Gasteiger partial charge in [0.05, 0.1) is 16.3 Å². The van der Waals surface area contributed by atoms with Gasteiger partial charge in [-0.1, -0.05) is 16.5 Å². The minimum Gasteiger partial charge on any atom is -0.489 e. The van der Waals surface area contributed by atoms with E-state index in [0.717, 1.165) is 16.0 Å². The van der Waals surface area contributed by atoms with E-state index in [1.807, 2.05) is 20.8 Å². The van der Waals surface area contributed by atoms with Crippen LogP contribution in [0.5, 0.6) is 5.75 Å². The second-order valence-corrected chi connectivity index (χ2v) is 16.1. The number of nitrogens with zero attached hydrogens (tertiary/aromatic N) is 4. The first-order chi connectivity index (χ1) is 23.1. The monoisotopic (exact) mass is 734 g/mol. The number of anilines is 2. The van der Waals surface area contributed by atoms with Crippen LogP contribution in [0.2, 0.25) is 0 Å². The summed E-state index contributed by atoms with van der Waals surface area (Å²) in [6, 6.07) is 5.21. The van der Waals surface area contributed by atoms with Crippen LogP contribution < -0.4 is 15.4 Å². The van der Waals surface area contributed by atoms with E-state index >= 15 is 0 Å². The van der Waals surface area contributed by atoms with Crippen LogP contribution in [0.15, 0.2) is 28.7 Å². The first-order valence-corrected chi connectivity index (χ1v) is 17.3. The van der Waals surface area contributed by atoms with E-state index in [9.17, 15) is 24.3 Å². The van der Waals surface area contributed by atoms with Gasteiger partial charge < -0.3 is 39.1 Å². The van der Waals surface area contributed by atoms with Crippen molar-refractivity contribution in [2.75, 3.05) is 30.3 Å². The molecule has 1 fully saturated rings. The highest BCUT2D eigenvalue weighted by atomic mass is 32.1. The van der Waals surface area contributed by atoms with Crippen molar-refractivity contribution in [2.45, 2.75) is 91.3 Å². The lowest BCUT2D eigenvalue weighted by Crippen LogP contribution is -2.57. The van der Waals surface area contributed by atoms with Gasteiger partial charge in [0.15, 0.2) is 10.3 Å². The number of amides is 2. The number of ether oxygens (including phenoxy) is 4. The second-order valence-electron chi connectivity index (χ2n) is 14.2. The van der Waals surface area contributed by atoms with Gasteiger partial charge in [0.25, 0.3) is 6.10 Å². The number of likely N-dealkylation sites (tertiary alicyclic amines) is 1. The molecule has 3 aromatic rings. The predicted molar refractivity (Wildman–Crippen MR) is 187 cm³/mol. The zero-order valence-corrected chi connectivity index (χ0v) is 30.9. The molecule has 272 valence electrons. The Kier molecular flexibility index (Phi) is 11.5. The summed E-state index contributed by atoms with van der Waals surface area (Å²) in [6.07, 6.45) is -2.58. The highest BCUT2D eigenvalue weighted by Crippen LogP contribution is 2.31. The summed E-state index contributed by atoms with van der Waals surface area (Å²) in [5.41, 5.74) is -2.21. The van der Waals surface area contributed by atoms with Crippen LogP contribution in [0.1, 0.15) is 68.0 Å². The van der Waals surface area contributed by atoms with Gasteiger partial charge in [-0.05, 0) is 80.5 Å². The molecule has 0 aliphatic carbocycles. The summed E-state index contributed by atoms with van der Waals surface area (Å²) in [4.78, 5) is 65.2. The summed E-state index contributed by atoms with van der Waals surface area (Å²) in [6.45, 7) is 16.2. The van der Waals surface area contributed by atoms with E-state index in [4.69, 9.17) is 23.8 Å². The number of aromatic nitrogens is 2. The molecular weight excluding hydrogens is 693 g/mol. The van der Waals surface area contributed by atoms with Crippen molar-refractivity contribution in [1.29, 1.82) is 0 Å². The quantitative estimate of drug-likeness (QED) is 0.0935. The number of carbonyl (C=O) groups is 4. The maximum Gasteiger partial charge on any atom is 0.413 e. The van der Waals surface area contributed by atoms with Gasteiger partial charge in [-0.15, -0.1) is 11.3 Å². The number of thiazole rings is 2. The molecule has 0 unspecified atom stereocenters. The van der Waals surface area contributed by atoms with Gasteiger partial charge in [0.2, 0.25) is 5.71 Å². The molecule has 3 N–H and O–H groups in total. The summed E-state index contributed by atoms with van der Waals surface area (Å²) >= 11 is 2.34. The first kappa shape index (κ1) is 38.1. The topological polar surface area (TPSA) is 200 Å². The number of hydrogen-bond donors (Lipinski definition) is 3. The Morgan fingerprint density at radius 1 is 0.960 bits per heavy atom. The van der Waals surface area contributed by atoms with Gasteiger partial charge in [-0.2, -0.15) is 0 Å². The number of fused-ring (bicyclic) bond motifs is 1. The van der Waals surface area contributed by atoms with Crippen molar-refractivity contribution in [3.8, 4) is 5.75 Å². The third kappa shape index (κ3) is 11.4. The van der Waals surface area contributed by atoms with E-state index < -0.39 is 46.7 Å². The molecule has 0 spiro atoms. The molecule has 1 atom stereocenters. The average molecular weight is 735 g/mol. The van der Waals surface area contributed by atoms with E-state index in [0.29, 0.717) is 29.5 Å². The fourth-order valence-electron chi connectivity index (χ4n) is 4.10. The number of hydrogen-bond acceptors (Lipinski definition) is 15. The normalized spacial score (nSPS) is 14.7. The first-order valence-electron chi connectivity index (χ1n) is 15.6. The highest BCUT2D eigenvalue weighted by molar-refractivity contribution is 7.22. The number of rotatable bonds is 11. The molecule has 2 aromatic heterocycles. The van der Waals surface area contributed by atoms with Crippen LogP contribution in [-0.2, 0) is 28.6 Å². The number of carboxylic acids is 1. The van der Waals surface area contributed by atoms with Crippen molar-refractivity contribution in [2.24, 2.45) is 5.16 Å². The Bertz CT molecular complexity index is 1750. The maximum atomic E-state index is 13.1. The molecule has 0 bridgehead atoms. The van der Waals surface area contributed by atoms with Crippen LogP contribution >= 0.6 is 22.7 Å². The predicted octanol–water partition coefficient (Wildman–Crippen LogP) is 5.73. The smallest absolute Gasteiger partial charge is 0.413 e. The molecule has 1 saturated heterocycles. The van der Waals surface area contributed by atoms with Crippen LogP contribution in [-0.4, -0.2) is 98.5 Å². The number of carbonyl (C=O) groups excluding carboxylic acids is 3. The number of oxime groups is 1. The zero-order valence-electron chi connectivity index (χ0n) is 29.3. The largest absolute Gasteiger partial charge is 0.489 e. The number of benzene rings is 1. The number of aliphatic carboxylic acids is 1. The molecule has 3 heterocycles. The molecule has 50 heavy (non-hydrogen) atoms. The Hall–Kier alpha value is -4.71. The molecule has 1 aliphatic heterocycles. The molecule has 0 radical (unpaired) electrons. The molecule has 1 aromatic carbocycles. The highest BCUT2D eigenvalue weighted by Gasteiger charge is 2.34. The molecular formula is C32H42N6O10S2. The van der Waals surface area contributed by atoms with E-state index in [1.165, 1.54) is 16.7 Å². The molecule has 18 heteroatoms. The van der Waals surface area contributed by atoms with Gasteiger partial charge in [0.1, 0.15) is 34.9 Å². The van der Waals surface area contributed by atoms with Crippen molar-refractivity contribution in [3.63, 3.8) is 0 Å². The zero-order chi connectivity index (χ0) is 37.0. The lowest BCUT2D eigenvalue weighted by atomic mass is 10.1. The van der Waals surface area contributed by atoms with E-state index in [-0.39, 0.29) is 29.6 Å². The second kappa shape index (κ2) is 15.0. The lowest BCUT2D eigenvalue weighted by molar-refractivity contribution is -0.170. The van der Waals surface area contributed by atoms with Crippen molar-refractivity contribution in [1.82, 2.24) is 14.9 Å². The van der Waals surface area contributed by atoms with Gasteiger partial charge in [-0.25, -0.2) is 29.1 Å². The average Bonchev–Trinajstić information content (AvgIpc) is 3.55. The van der Waals surface area contributed by atoms with Crippen molar-refractivity contribution >= 4 is 73.0 Å². The summed E-state index contributed by atoms with van der Waals surface area (Å²) in [7, 11) is 0. The van der Waals surface area contributed by atoms with Crippen LogP contribution in [0.25, 0.3) is 10.2 Å². The van der Waals surface area contributed by atoms with Gasteiger partial charge in [-0.3, -0.25) is 5.32 Å². The van der Waals surface area contributed by atoms with Crippen LogP contribution in [0.4, 0.5) is 19.9 Å². The molecule has 1 aliphatic rings. The van der Waals surface area contributed by atoms with Crippen molar-refractivity contribution < 1.29 is 48.1 Å². The third-order valence-corrected chi connectivity index (χ3v) is 7.83. The standard InChI is InChI=1S/C32H42N6O10S2/c1-30(2,3)45-25(41)21(48-37-23(24(39)40)20-16-49-26(35-20)36-28(42)46-31(4,5)6)15-44-18-10-11-19-22(12-18)50-27(34-19)33-17-13-38(14-17)29(43)47-32(7,8)9/h10-12,16-17,21H,13-15H2,1-9H3,(H,33,34)(H,39,40)(H,35,36,42)/b37-23-/t21-/m0/s1. The summed E-state index contributed by atoms with van der Waals surface area (Å²) in [5.74, 6) is -1.92. The Morgan fingerprint density at radius 2 is 1.62 bits per heavy atom. The Morgan fingerprint density at radius 3 is 2.24 bits per heavy atom. The van der Waals surface area contributed by atoms with Gasteiger partial charge >= 0.3 is 24.1 Å². The fourth-order valence-corrected chi connectivity index (χ4v) is 5.75. The maximum absolute atomic E-state index is 13.1. The summed E-state index contributed by atoms with van der Waals surface area (Å²) in [5, 5.41) is 21.4. The van der Waals surface area contributed by atoms with E-state index in [2.05, 4.69) is 25.8 Å². The number of carboxylic acid groups (broad SMARTS) is 1. The third-order valence-electron chi connectivity index (χ3n) is 6.12. The number of nitrogens with one attached hydrogen (secondary N) is 2. The molecule has 0 saturated carbocycles. The van der Waals surface area contributed by atoms with E-state index in [1.54, 1.807) is 64.6 Å². The lowest BCUT2D eigenvalue weighted by Gasteiger charge is -2.39. The Balaban J connectivity index is 1.42. The van der Waals surface area contributed by atoms with Crippen molar-refractivity contribution in [3.05, 3.63) is 29.3 Å². The number of esters is 1. The minimum atomic E-state index is -1.48. The fraction of sp³-hybridized carbons (Fsp3) is 0.531. The molecule has 2 amide bonds. The van der Waals surface area contributed by atoms with Crippen LogP contribution in [0.3, 0.4) is 0 Å². The van der Waals surface area contributed by atoms with Gasteiger partial charge in [0, 0.05) is 18.5 Å². The SMILES string of the molecule is CC(C)(C)OC(=O)Nc1nc(/C(=N/O[C@@H](COc2ccc3nc(NC4CN(C(=O)OC(C)(C)C)C4)sc3c2)C(=O)OC(C)(C)C)C(=O)O)cs1. The Labute approximate surface area is 297 Å².